The fraction of sp³-hybridized carbons (Fsp3) is 0.533. The monoisotopic (exact) mass is 299 g/mol. The number of aliphatic hydroxyl groups excluding tert-OH is 1. The van der Waals surface area contributed by atoms with E-state index in [0.29, 0.717) is 42.7 Å². The highest BCUT2D eigenvalue weighted by molar-refractivity contribution is 6.32. The number of carbonyl (C=O) groups excluding carboxylic acids is 1. The molecule has 1 atom stereocenters. The molecule has 0 aliphatic rings. The first-order chi connectivity index (χ1) is 9.67. The zero-order valence-corrected chi connectivity index (χ0v) is 12.5. The van der Waals surface area contributed by atoms with E-state index in [2.05, 4.69) is 5.32 Å². The normalized spacial score (nSPS) is 11.9. The molecule has 0 aliphatic heterocycles. The maximum Gasteiger partial charge on any atom is 0.223 e. The minimum atomic E-state index is -0.0477. The molecule has 0 bridgehead atoms. The van der Waals surface area contributed by atoms with Gasteiger partial charge in [0.2, 0.25) is 5.91 Å². The van der Waals surface area contributed by atoms with E-state index in [-0.39, 0.29) is 12.5 Å². The van der Waals surface area contributed by atoms with Gasteiger partial charge in [0.05, 0.1) is 18.1 Å². The Morgan fingerprint density at radius 2 is 2.20 bits per heavy atom. The van der Waals surface area contributed by atoms with E-state index in [1.807, 2.05) is 19.1 Å². The number of nitrogens with one attached hydrogen (secondary N) is 1. The van der Waals surface area contributed by atoms with Crippen LogP contribution < -0.4 is 10.1 Å². The van der Waals surface area contributed by atoms with Crippen LogP contribution in [-0.2, 0) is 4.79 Å². The first-order valence-corrected chi connectivity index (χ1v) is 7.30. The lowest BCUT2D eigenvalue weighted by molar-refractivity contribution is -0.121. The molecule has 0 fully saturated rings. The zero-order valence-electron chi connectivity index (χ0n) is 11.8. The third-order valence-electron chi connectivity index (χ3n) is 3.13. The van der Waals surface area contributed by atoms with Crippen LogP contribution in [0.1, 0.15) is 26.2 Å². The first-order valence-electron chi connectivity index (χ1n) is 6.92. The molecule has 0 radical (unpaired) electrons. The Balaban J connectivity index is 2.22. The minimum Gasteiger partial charge on any atom is -0.491 e. The van der Waals surface area contributed by atoms with Crippen LogP contribution in [0.4, 0.5) is 0 Å². The Hall–Kier alpha value is -1.26. The highest BCUT2D eigenvalue weighted by Gasteiger charge is 2.08. The average Bonchev–Trinajstić information content (AvgIpc) is 2.45. The highest BCUT2D eigenvalue weighted by atomic mass is 35.5. The summed E-state index contributed by atoms with van der Waals surface area (Å²) in [5.41, 5.74) is 0. The Kier molecular flexibility index (Phi) is 8.07. The van der Waals surface area contributed by atoms with E-state index in [1.54, 1.807) is 12.1 Å². The summed E-state index contributed by atoms with van der Waals surface area (Å²) in [7, 11) is 0. The maximum absolute atomic E-state index is 11.7. The molecule has 1 aromatic rings. The number of halogens is 1. The second-order valence-corrected chi connectivity index (χ2v) is 5.03. The predicted molar refractivity (Wildman–Crippen MR) is 80.1 cm³/mol. The van der Waals surface area contributed by atoms with Crippen molar-refractivity contribution in [3.63, 3.8) is 0 Å². The quantitative estimate of drug-likeness (QED) is 0.737. The molecule has 0 heterocycles. The topological polar surface area (TPSA) is 58.6 Å². The molecule has 0 saturated carbocycles. The van der Waals surface area contributed by atoms with Gasteiger partial charge >= 0.3 is 0 Å². The van der Waals surface area contributed by atoms with Crippen molar-refractivity contribution in [1.82, 2.24) is 5.32 Å². The Morgan fingerprint density at radius 1 is 1.45 bits per heavy atom. The van der Waals surface area contributed by atoms with Crippen LogP contribution in [0, 0.1) is 5.92 Å². The number of amides is 1. The van der Waals surface area contributed by atoms with Gasteiger partial charge in [0.25, 0.3) is 0 Å². The number of rotatable bonds is 9. The SMILES string of the molecule is CCC(CCO)CNC(=O)CCOc1ccccc1Cl. The van der Waals surface area contributed by atoms with Gasteiger partial charge in [0, 0.05) is 13.2 Å². The van der Waals surface area contributed by atoms with E-state index in [0.717, 1.165) is 6.42 Å². The molecule has 20 heavy (non-hydrogen) atoms. The van der Waals surface area contributed by atoms with E-state index in [1.165, 1.54) is 0 Å². The maximum atomic E-state index is 11.7. The van der Waals surface area contributed by atoms with Gasteiger partial charge in [-0.05, 0) is 24.5 Å². The molecule has 1 unspecified atom stereocenters. The van der Waals surface area contributed by atoms with Crippen molar-refractivity contribution in [1.29, 1.82) is 0 Å². The third-order valence-corrected chi connectivity index (χ3v) is 3.44. The second-order valence-electron chi connectivity index (χ2n) is 4.62. The van der Waals surface area contributed by atoms with Crippen LogP contribution in [0.3, 0.4) is 0 Å². The van der Waals surface area contributed by atoms with Crippen molar-refractivity contribution in [3.8, 4) is 5.75 Å². The Morgan fingerprint density at radius 3 is 2.85 bits per heavy atom. The summed E-state index contributed by atoms with van der Waals surface area (Å²) in [6, 6.07) is 7.18. The third kappa shape index (κ3) is 6.26. The molecule has 0 saturated heterocycles. The van der Waals surface area contributed by atoms with Crippen LogP contribution in [0.5, 0.6) is 5.75 Å². The number of hydrogen-bond acceptors (Lipinski definition) is 3. The van der Waals surface area contributed by atoms with Crippen LogP contribution in [0.25, 0.3) is 0 Å². The number of ether oxygens (including phenoxy) is 1. The summed E-state index contributed by atoms with van der Waals surface area (Å²) in [4.78, 5) is 11.7. The van der Waals surface area contributed by atoms with Gasteiger partial charge in [-0.1, -0.05) is 37.1 Å². The molecule has 2 N–H and O–H groups in total. The molecular formula is C15H22ClNO3. The predicted octanol–water partition coefficient (Wildman–Crippen LogP) is 2.63. The summed E-state index contributed by atoms with van der Waals surface area (Å²) in [5.74, 6) is 0.871. The number of benzene rings is 1. The largest absolute Gasteiger partial charge is 0.491 e. The lowest BCUT2D eigenvalue weighted by Crippen LogP contribution is -2.30. The van der Waals surface area contributed by atoms with E-state index in [4.69, 9.17) is 21.4 Å². The summed E-state index contributed by atoms with van der Waals surface area (Å²) in [6.45, 7) is 3.10. The van der Waals surface area contributed by atoms with Gasteiger partial charge < -0.3 is 15.2 Å². The van der Waals surface area contributed by atoms with Crippen molar-refractivity contribution < 1.29 is 14.6 Å². The van der Waals surface area contributed by atoms with Gasteiger partial charge in [0.1, 0.15) is 5.75 Å². The van der Waals surface area contributed by atoms with Crippen LogP contribution >= 0.6 is 11.6 Å². The van der Waals surface area contributed by atoms with Gasteiger partial charge in [0.15, 0.2) is 0 Å². The standard InChI is InChI=1S/C15H22ClNO3/c1-2-12(7-9-18)11-17-15(19)8-10-20-14-6-4-3-5-13(14)16/h3-6,12,18H,2,7-11H2,1H3,(H,17,19). The van der Waals surface area contributed by atoms with Gasteiger partial charge in [-0.15, -0.1) is 0 Å². The molecule has 1 amide bonds. The summed E-state index contributed by atoms with van der Waals surface area (Å²) < 4.78 is 5.46. The first kappa shape index (κ1) is 16.8. The van der Waals surface area contributed by atoms with E-state index < -0.39 is 0 Å². The molecule has 4 nitrogen and oxygen atoms in total. The highest BCUT2D eigenvalue weighted by Crippen LogP contribution is 2.22. The van der Waals surface area contributed by atoms with Gasteiger partial charge in [-0.25, -0.2) is 0 Å². The molecular weight excluding hydrogens is 278 g/mol. The minimum absolute atomic E-state index is 0.0477. The van der Waals surface area contributed by atoms with Gasteiger partial charge in [-0.3, -0.25) is 4.79 Å². The lowest BCUT2D eigenvalue weighted by Gasteiger charge is -2.14. The molecule has 1 aromatic carbocycles. The van der Waals surface area contributed by atoms with Crippen molar-refractivity contribution in [3.05, 3.63) is 29.3 Å². The fourth-order valence-electron chi connectivity index (χ4n) is 1.80. The molecule has 0 spiro atoms. The average molecular weight is 300 g/mol. The van der Waals surface area contributed by atoms with E-state index in [9.17, 15) is 4.79 Å². The summed E-state index contributed by atoms with van der Waals surface area (Å²) in [5, 5.41) is 12.3. The molecule has 0 aromatic heterocycles. The molecule has 5 heteroatoms. The smallest absolute Gasteiger partial charge is 0.223 e. The summed E-state index contributed by atoms with van der Waals surface area (Å²) in [6.07, 6.45) is 1.95. The van der Waals surface area contributed by atoms with Crippen molar-refractivity contribution in [2.45, 2.75) is 26.2 Å². The summed E-state index contributed by atoms with van der Waals surface area (Å²) >= 11 is 5.95. The molecule has 0 aliphatic carbocycles. The van der Waals surface area contributed by atoms with E-state index >= 15 is 0 Å². The lowest BCUT2D eigenvalue weighted by atomic mass is 10.0. The number of aliphatic hydroxyl groups is 1. The number of para-hydroxylation sites is 1. The van der Waals surface area contributed by atoms with Crippen LogP contribution in [0.2, 0.25) is 5.02 Å². The van der Waals surface area contributed by atoms with Crippen molar-refractivity contribution >= 4 is 17.5 Å². The van der Waals surface area contributed by atoms with Crippen molar-refractivity contribution in [2.24, 2.45) is 5.92 Å². The number of hydrogen-bond donors (Lipinski definition) is 2. The fourth-order valence-corrected chi connectivity index (χ4v) is 1.99. The Bertz CT molecular complexity index is 412. The van der Waals surface area contributed by atoms with Crippen molar-refractivity contribution in [2.75, 3.05) is 19.8 Å². The Labute approximate surface area is 125 Å². The van der Waals surface area contributed by atoms with Crippen LogP contribution in [-0.4, -0.2) is 30.8 Å². The molecule has 112 valence electrons. The molecule has 1 rings (SSSR count). The van der Waals surface area contributed by atoms with Crippen LogP contribution in [0.15, 0.2) is 24.3 Å². The van der Waals surface area contributed by atoms with Gasteiger partial charge in [-0.2, -0.15) is 0 Å². The number of carbonyl (C=O) groups is 1. The zero-order chi connectivity index (χ0) is 14.8. The second kappa shape index (κ2) is 9.61.